The fourth-order valence-electron chi connectivity index (χ4n) is 3.10. The van der Waals surface area contributed by atoms with E-state index < -0.39 is 0 Å². The second-order valence-electron chi connectivity index (χ2n) is 6.24. The molecule has 3 heteroatoms. The van der Waals surface area contributed by atoms with Gasteiger partial charge in [0.15, 0.2) is 11.5 Å². The molecule has 1 aromatic rings. The summed E-state index contributed by atoms with van der Waals surface area (Å²) in [6, 6.07) is 2.42. The summed E-state index contributed by atoms with van der Waals surface area (Å²) in [7, 11) is 0. The van der Waals surface area contributed by atoms with Gasteiger partial charge in [0.05, 0.1) is 13.2 Å². The zero-order chi connectivity index (χ0) is 15.9. The lowest BCUT2D eigenvalue weighted by Crippen LogP contribution is -2.22. The van der Waals surface area contributed by atoms with Crippen molar-refractivity contribution in [3.05, 3.63) is 22.8 Å². The van der Waals surface area contributed by atoms with Crippen LogP contribution in [0.1, 0.15) is 63.1 Å². The minimum absolute atomic E-state index is 0.228. The Kier molecular flexibility index (Phi) is 6.56. The lowest BCUT2D eigenvalue weighted by atomic mass is 9.95. The van der Waals surface area contributed by atoms with Crippen molar-refractivity contribution in [2.45, 2.75) is 71.8 Å². The van der Waals surface area contributed by atoms with Crippen LogP contribution in [0.25, 0.3) is 0 Å². The summed E-state index contributed by atoms with van der Waals surface area (Å²) in [6.45, 7) is 7.91. The Bertz CT molecular complexity index is 485. The lowest BCUT2D eigenvalue weighted by Gasteiger charge is -2.20. The van der Waals surface area contributed by atoms with Gasteiger partial charge >= 0.3 is 0 Å². The van der Waals surface area contributed by atoms with E-state index in [1.165, 1.54) is 23.1 Å². The second kappa shape index (κ2) is 8.42. The molecule has 0 fully saturated rings. The molecule has 1 aromatic carbocycles. The number of fused-ring (bicyclic) bond motifs is 1. The molecule has 0 saturated carbocycles. The Balaban J connectivity index is 2.37. The lowest BCUT2D eigenvalue weighted by molar-refractivity contribution is 0.266. The Labute approximate surface area is 135 Å². The zero-order valence-corrected chi connectivity index (χ0v) is 14.4. The highest BCUT2D eigenvalue weighted by atomic mass is 16.5. The van der Waals surface area contributed by atoms with Gasteiger partial charge in [-0.3, -0.25) is 0 Å². The summed E-state index contributed by atoms with van der Waals surface area (Å²) in [5.41, 5.74) is 10.4. The van der Waals surface area contributed by atoms with E-state index >= 15 is 0 Å². The minimum Gasteiger partial charge on any atom is -0.490 e. The van der Waals surface area contributed by atoms with E-state index in [0.717, 1.165) is 63.2 Å². The molecule has 0 aliphatic heterocycles. The molecule has 0 saturated heterocycles. The standard InChI is InChI=1S/C19H31NO2/c1-4-10-21-18-13-14(12-15(20)6-3)16-8-7-9-17(16)19(18)22-11-5-2/h13,15H,4-12,20H2,1-3H3. The van der Waals surface area contributed by atoms with Crippen LogP contribution in [0.2, 0.25) is 0 Å². The molecule has 1 unspecified atom stereocenters. The fourth-order valence-corrected chi connectivity index (χ4v) is 3.10. The van der Waals surface area contributed by atoms with Crippen molar-refractivity contribution in [1.29, 1.82) is 0 Å². The third-order valence-corrected chi connectivity index (χ3v) is 4.33. The van der Waals surface area contributed by atoms with Crippen LogP contribution in [0.4, 0.5) is 0 Å². The summed E-state index contributed by atoms with van der Waals surface area (Å²) in [6.07, 6.45) is 7.44. The molecule has 0 aromatic heterocycles. The van der Waals surface area contributed by atoms with E-state index in [-0.39, 0.29) is 6.04 Å². The van der Waals surface area contributed by atoms with E-state index in [4.69, 9.17) is 15.2 Å². The Morgan fingerprint density at radius 2 is 1.73 bits per heavy atom. The average molecular weight is 305 g/mol. The number of ether oxygens (including phenoxy) is 2. The third-order valence-electron chi connectivity index (χ3n) is 4.33. The summed E-state index contributed by atoms with van der Waals surface area (Å²) in [5.74, 6) is 1.92. The third kappa shape index (κ3) is 3.95. The second-order valence-corrected chi connectivity index (χ2v) is 6.24. The molecular formula is C19H31NO2. The van der Waals surface area contributed by atoms with Gasteiger partial charge in [0, 0.05) is 11.6 Å². The van der Waals surface area contributed by atoms with Gasteiger partial charge in [-0.25, -0.2) is 0 Å². The summed E-state index contributed by atoms with van der Waals surface area (Å²) >= 11 is 0. The summed E-state index contributed by atoms with van der Waals surface area (Å²) in [4.78, 5) is 0. The predicted octanol–water partition coefficient (Wildman–Crippen LogP) is 4.03. The molecular weight excluding hydrogens is 274 g/mol. The Hall–Kier alpha value is -1.22. The predicted molar refractivity (Wildman–Crippen MR) is 92.0 cm³/mol. The number of hydrogen-bond donors (Lipinski definition) is 1. The van der Waals surface area contributed by atoms with Gasteiger partial charge in [0.25, 0.3) is 0 Å². The van der Waals surface area contributed by atoms with Gasteiger partial charge < -0.3 is 15.2 Å². The van der Waals surface area contributed by atoms with Crippen LogP contribution < -0.4 is 15.2 Å². The molecule has 1 atom stereocenters. The van der Waals surface area contributed by atoms with Gasteiger partial charge in [-0.15, -0.1) is 0 Å². The molecule has 3 nitrogen and oxygen atoms in total. The van der Waals surface area contributed by atoms with Gasteiger partial charge in [-0.05, 0) is 62.1 Å². The molecule has 22 heavy (non-hydrogen) atoms. The highest BCUT2D eigenvalue weighted by Gasteiger charge is 2.24. The first-order chi connectivity index (χ1) is 10.7. The van der Waals surface area contributed by atoms with E-state index in [1.54, 1.807) is 0 Å². The van der Waals surface area contributed by atoms with Gasteiger partial charge in [-0.1, -0.05) is 20.8 Å². The Morgan fingerprint density at radius 3 is 2.41 bits per heavy atom. The van der Waals surface area contributed by atoms with Crippen molar-refractivity contribution in [2.75, 3.05) is 13.2 Å². The maximum atomic E-state index is 6.20. The molecule has 1 aliphatic carbocycles. The van der Waals surface area contributed by atoms with Crippen molar-refractivity contribution in [2.24, 2.45) is 5.73 Å². The number of benzene rings is 1. The van der Waals surface area contributed by atoms with Gasteiger partial charge in [-0.2, -0.15) is 0 Å². The monoisotopic (exact) mass is 305 g/mol. The molecule has 2 rings (SSSR count). The molecule has 0 amide bonds. The SMILES string of the molecule is CCCOc1cc(CC(N)CC)c2c(c1OCCC)CCC2. The van der Waals surface area contributed by atoms with Gasteiger partial charge in [0.2, 0.25) is 0 Å². The van der Waals surface area contributed by atoms with Crippen LogP contribution in [0.15, 0.2) is 6.07 Å². The van der Waals surface area contributed by atoms with Crippen molar-refractivity contribution in [3.63, 3.8) is 0 Å². The number of rotatable bonds is 9. The van der Waals surface area contributed by atoms with E-state index in [1.807, 2.05) is 0 Å². The molecule has 124 valence electrons. The van der Waals surface area contributed by atoms with Crippen molar-refractivity contribution in [3.8, 4) is 11.5 Å². The molecule has 0 radical (unpaired) electrons. The maximum Gasteiger partial charge on any atom is 0.164 e. The molecule has 0 heterocycles. The molecule has 0 spiro atoms. The number of nitrogens with two attached hydrogens (primary N) is 1. The molecule has 2 N–H and O–H groups in total. The molecule has 1 aliphatic rings. The van der Waals surface area contributed by atoms with E-state index in [2.05, 4.69) is 26.8 Å². The van der Waals surface area contributed by atoms with Crippen molar-refractivity contribution >= 4 is 0 Å². The highest BCUT2D eigenvalue weighted by Crippen LogP contribution is 2.41. The normalized spacial score (nSPS) is 14.7. The average Bonchev–Trinajstić information content (AvgIpc) is 3.01. The Morgan fingerprint density at radius 1 is 1.05 bits per heavy atom. The zero-order valence-electron chi connectivity index (χ0n) is 14.4. The summed E-state index contributed by atoms with van der Waals surface area (Å²) < 4.78 is 12.1. The van der Waals surface area contributed by atoms with Crippen LogP contribution in [0.3, 0.4) is 0 Å². The van der Waals surface area contributed by atoms with Crippen LogP contribution in [0.5, 0.6) is 11.5 Å². The number of hydrogen-bond acceptors (Lipinski definition) is 3. The van der Waals surface area contributed by atoms with Crippen LogP contribution in [0, 0.1) is 0 Å². The highest BCUT2D eigenvalue weighted by molar-refractivity contribution is 5.56. The first kappa shape index (κ1) is 17.1. The van der Waals surface area contributed by atoms with Crippen LogP contribution in [-0.2, 0) is 19.3 Å². The van der Waals surface area contributed by atoms with Gasteiger partial charge in [0.1, 0.15) is 0 Å². The topological polar surface area (TPSA) is 44.5 Å². The maximum absolute atomic E-state index is 6.20. The molecule has 0 bridgehead atoms. The minimum atomic E-state index is 0.228. The van der Waals surface area contributed by atoms with Crippen LogP contribution in [-0.4, -0.2) is 19.3 Å². The summed E-state index contributed by atoms with van der Waals surface area (Å²) in [5, 5.41) is 0. The first-order valence-corrected chi connectivity index (χ1v) is 8.89. The van der Waals surface area contributed by atoms with E-state index in [0.29, 0.717) is 0 Å². The van der Waals surface area contributed by atoms with Crippen molar-refractivity contribution < 1.29 is 9.47 Å². The van der Waals surface area contributed by atoms with Crippen molar-refractivity contribution in [1.82, 2.24) is 0 Å². The van der Waals surface area contributed by atoms with Crippen LogP contribution >= 0.6 is 0 Å². The quantitative estimate of drug-likeness (QED) is 0.749. The van der Waals surface area contributed by atoms with E-state index in [9.17, 15) is 0 Å². The first-order valence-electron chi connectivity index (χ1n) is 8.89. The smallest absolute Gasteiger partial charge is 0.164 e. The fraction of sp³-hybridized carbons (Fsp3) is 0.684. The largest absolute Gasteiger partial charge is 0.490 e.